The second kappa shape index (κ2) is 13.1. The van der Waals surface area contributed by atoms with Crippen molar-refractivity contribution in [3.05, 3.63) is 36.4 Å². The molecular weight excluding hydrogens is 436 g/mol. The lowest BCUT2D eigenvalue weighted by molar-refractivity contribution is -0.142. The van der Waals surface area contributed by atoms with Gasteiger partial charge in [-0.3, -0.25) is 4.79 Å². The van der Waals surface area contributed by atoms with Gasteiger partial charge in [0.2, 0.25) is 0 Å². The zero-order valence-corrected chi connectivity index (χ0v) is 20.3. The van der Waals surface area contributed by atoms with E-state index in [0.29, 0.717) is 31.1 Å². The van der Waals surface area contributed by atoms with Gasteiger partial charge < -0.3 is 29.5 Å². The molecular formula is C27H40O7. The van der Waals surface area contributed by atoms with Crippen molar-refractivity contribution in [2.75, 3.05) is 20.3 Å². The highest BCUT2D eigenvalue weighted by Crippen LogP contribution is 2.42. The van der Waals surface area contributed by atoms with Gasteiger partial charge in [-0.1, -0.05) is 25.5 Å². The summed E-state index contributed by atoms with van der Waals surface area (Å²) in [6, 6.07) is 7.19. The number of rotatable bonds is 12. The number of ether oxygens (including phenoxy) is 3. The van der Waals surface area contributed by atoms with Crippen molar-refractivity contribution >= 4 is 5.97 Å². The second-order valence-corrected chi connectivity index (χ2v) is 9.70. The van der Waals surface area contributed by atoms with Gasteiger partial charge in [0.25, 0.3) is 0 Å². The van der Waals surface area contributed by atoms with Crippen LogP contribution in [0.25, 0.3) is 0 Å². The molecule has 0 amide bonds. The predicted octanol–water partition coefficient (Wildman–Crippen LogP) is 4.06. The summed E-state index contributed by atoms with van der Waals surface area (Å²) in [6.07, 6.45) is 8.03. The first-order valence-corrected chi connectivity index (χ1v) is 12.6. The Morgan fingerprint density at radius 2 is 1.94 bits per heavy atom. The summed E-state index contributed by atoms with van der Waals surface area (Å²) in [5, 5.41) is 30.4. The molecule has 2 fully saturated rings. The van der Waals surface area contributed by atoms with Crippen molar-refractivity contribution in [2.45, 2.75) is 70.2 Å². The number of aliphatic hydroxyl groups is 2. The van der Waals surface area contributed by atoms with Gasteiger partial charge >= 0.3 is 5.97 Å². The lowest BCUT2D eigenvalue weighted by Gasteiger charge is -2.21. The van der Waals surface area contributed by atoms with Crippen molar-refractivity contribution < 1.29 is 34.3 Å². The summed E-state index contributed by atoms with van der Waals surface area (Å²) in [7, 11) is 1.61. The molecule has 2 aliphatic rings. The van der Waals surface area contributed by atoms with Gasteiger partial charge in [-0.15, -0.1) is 0 Å². The molecule has 1 unspecified atom stereocenters. The molecule has 7 nitrogen and oxygen atoms in total. The maximum Gasteiger partial charge on any atom is 0.306 e. The van der Waals surface area contributed by atoms with Gasteiger partial charge in [0.05, 0.1) is 25.2 Å². The Kier molecular flexibility index (Phi) is 10.2. The zero-order valence-electron chi connectivity index (χ0n) is 20.3. The summed E-state index contributed by atoms with van der Waals surface area (Å²) in [5.74, 6) is 0.926. The summed E-state index contributed by atoms with van der Waals surface area (Å²) in [5.41, 5.74) is 0. The topological polar surface area (TPSA) is 105 Å². The first-order valence-electron chi connectivity index (χ1n) is 12.6. The Hall–Kier alpha value is -2.09. The van der Waals surface area contributed by atoms with Crippen LogP contribution >= 0.6 is 0 Å². The fourth-order valence-corrected chi connectivity index (χ4v) is 5.29. The number of methoxy groups -OCH3 is 1. The molecule has 7 atom stereocenters. The molecule has 34 heavy (non-hydrogen) atoms. The number of fused-ring (bicyclic) bond motifs is 1. The van der Waals surface area contributed by atoms with Gasteiger partial charge in [-0.2, -0.15) is 0 Å². The van der Waals surface area contributed by atoms with Gasteiger partial charge in [-0.25, -0.2) is 0 Å². The first kappa shape index (κ1) is 26.5. The molecule has 1 saturated heterocycles. The standard InChI is InChI=1S/C27H40O7/c1-3-4-19(27(30)31)7-5-18-6-13-24-23(25(29)15-26(24)34-16-18)14-8-20(28)17-33-22-11-9-21(32-2)10-12-22/h8-12,14,18-20,23-26,28-29H,3-7,13,15-17H2,1-2H3,(H,30,31)/t18-,19?,20-,23-,24-,25-,26+/m1/s1. The minimum atomic E-state index is -0.778. The van der Waals surface area contributed by atoms with Gasteiger partial charge in [0.1, 0.15) is 24.2 Å². The van der Waals surface area contributed by atoms with Crippen LogP contribution < -0.4 is 9.47 Å². The van der Waals surface area contributed by atoms with E-state index in [9.17, 15) is 20.1 Å². The average molecular weight is 477 g/mol. The minimum Gasteiger partial charge on any atom is -0.497 e. The van der Waals surface area contributed by atoms with Crippen LogP contribution in [-0.2, 0) is 9.53 Å². The summed E-state index contributed by atoms with van der Waals surface area (Å²) >= 11 is 0. The van der Waals surface area contributed by atoms with Crippen LogP contribution in [-0.4, -0.2) is 59.9 Å². The highest BCUT2D eigenvalue weighted by atomic mass is 16.5. The number of aliphatic carboxylic acids is 1. The molecule has 190 valence electrons. The normalized spacial score (nSPS) is 28.8. The number of hydrogen-bond acceptors (Lipinski definition) is 6. The summed E-state index contributed by atoms with van der Waals surface area (Å²) in [6.45, 7) is 2.77. The summed E-state index contributed by atoms with van der Waals surface area (Å²) < 4.78 is 17.0. The van der Waals surface area contributed by atoms with E-state index in [2.05, 4.69) is 0 Å². The Bertz CT molecular complexity index is 778. The summed E-state index contributed by atoms with van der Waals surface area (Å²) in [4.78, 5) is 11.4. The Labute approximate surface area is 202 Å². The van der Waals surface area contributed by atoms with Crippen molar-refractivity contribution in [1.82, 2.24) is 0 Å². The Morgan fingerprint density at radius 1 is 1.21 bits per heavy atom. The molecule has 1 aromatic carbocycles. The van der Waals surface area contributed by atoms with Crippen LogP contribution in [0.15, 0.2) is 36.4 Å². The van der Waals surface area contributed by atoms with E-state index in [1.807, 2.05) is 13.0 Å². The van der Waals surface area contributed by atoms with E-state index in [1.165, 1.54) is 0 Å². The molecule has 0 aromatic heterocycles. The van der Waals surface area contributed by atoms with E-state index >= 15 is 0 Å². The predicted molar refractivity (Wildman–Crippen MR) is 129 cm³/mol. The largest absolute Gasteiger partial charge is 0.497 e. The number of hydrogen-bond donors (Lipinski definition) is 3. The fourth-order valence-electron chi connectivity index (χ4n) is 5.29. The van der Waals surface area contributed by atoms with Crippen LogP contribution in [0, 0.1) is 23.7 Å². The van der Waals surface area contributed by atoms with Crippen molar-refractivity contribution in [1.29, 1.82) is 0 Å². The third-order valence-electron chi connectivity index (χ3n) is 7.29. The Morgan fingerprint density at radius 3 is 2.62 bits per heavy atom. The van der Waals surface area contributed by atoms with Crippen LogP contribution in [0.3, 0.4) is 0 Å². The second-order valence-electron chi connectivity index (χ2n) is 9.70. The molecule has 0 bridgehead atoms. The van der Waals surface area contributed by atoms with Gasteiger partial charge in [0, 0.05) is 18.9 Å². The number of carboxylic acid groups (broad SMARTS) is 1. The van der Waals surface area contributed by atoms with Crippen LogP contribution in [0.4, 0.5) is 0 Å². The van der Waals surface area contributed by atoms with Crippen LogP contribution in [0.5, 0.6) is 11.5 Å². The highest BCUT2D eigenvalue weighted by Gasteiger charge is 2.43. The van der Waals surface area contributed by atoms with Crippen molar-refractivity contribution in [3.8, 4) is 11.5 Å². The molecule has 1 aliphatic heterocycles. The number of aliphatic hydroxyl groups excluding tert-OH is 2. The minimum absolute atomic E-state index is 0.00764. The lowest BCUT2D eigenvalue weighted by Crippen LogP contribution is -2.22. The van der Waals surface area contributed by atoms with Gasteiger partial charge in [0.15, 0.2) is 0 Å². The number of carboxylic acids is 1. The first-order chi connectivity index (χ1) is 16.4. The molecule has 0 spiro atoms. The third kappa shape index (κ3) is 7.45. The van der Waals surface area contributed by atoms with Crippen LogP contribution in [0.2, 0.25) is 0 Å². The van der Waals surface area contributed by atoms with E-state index in [-0.39, 0.29) is 30.5 Å². The maximum atomic E-state index is 11.4. The average Bonchev–Trinajstić information content (AvgIpc) is 2.99. The molecule has 7 heteroatoms. The molecule has 3 rings (SSSR count). The zero-order chi connectivity index (χ0) is 24.5. The molecule has 1 aliphatic carbocycles. The monoisotopic (exact) mass is 476 g/mol. The van der Waals surface area contributed by atoms with Crippen molar-refractivity contribution in [3.63, 3.8) is 0 Å². The molecule has 1 aromatic rings. The highest BCUT2D eigenvalue weighted by molar-refractivity contribution is 5.69. The maximum absolute atomic E-state index is 11.4. The molecule has 1 heterocycles. The number of benzene rings is 1. The molecule has 0 radical (unpaired) electrons. The molecule has 3 N–H and O–H groups in total. The smallest absolute Gasteiger partial charge is 0.306 e. The van der Waals surface area contributed by atoms with E-state index in [0.717, 1.165) is 37.9 Å². The van der Waals surface area contributed by atoms with Crippen LogP contribution in [0.1, 0.15) is 51.9 Å². The number of carbonyl (C=O) groups is 1. The third-order valence-corrected chi connectivity index (χ3v) is 7.29. The van der Waals surface area contributed by atoms with E-state index in [4.69, 9.17) is 14.2 Å². The van der Waals surface area contributed by atoms with E-state index < -0.39 is 18.2 Å². The SMILES string of the molecule is CCCC(CC[C@@H]1CC[C@@H]2[C@@H](C=C[C@@H](O)COc3ccc(OC)cc3)[C@H](O)C[C@@H]2OC1)C(=O)O. The fraction of sp³-hybridized carbons (Fsp3) is 0.667. The van der Waals surface area contributed by atoms with Crippen molar-refractivity contribution in [2.24, 2.45) is 23.7 Å². The Balaban J connectivity index is 1.48. The van der Waals surface area contributed by atoms with E-state index in [1.54, 1.807) is 37.5 Å². The van der Waals surface area contributed by atoms with Gasteiger partial charge in [-0.05, 0) is 68.2 Å². The lowest BCUT2D eigenvalue weighted by atomic mass is 9.85. The molecule has 1 saturated carbocycles. The quantitative estimate of drug-likeness (QED) is 0.391.